The van der Waals surface area contributed by atoms with E-state index in [0.29, 0.717) is 24.5 Å². The van der Waals surface area contributed by atoms with Gasteiger partial charge in [0.2, 0.25) is 0 Å². The lowest BCUT2D eigenvalue weighted by atomic mass is 10.2. The first kappa shape index (κ1) is 12.0. The van der Waals surface area contributed by atoms with Gasteiger partial charge in [-0.3, -0.25) is 9.78 Å². The Labute approximate surface area is 101 Å². The number of ketones is 1. The number of nitrogens with one attached hydrogen (secondary N) is 1. The van der Waals surface area contributed by atoms with Gasteiger partial charge in [0.15, 0.2) is 5.78 Å². The van der Waals surface area contributed by atoms with E-state index in [2.05, 4.69) is 10.3 Å². The molecule has 2 rings (SSSR count). The number of carbonyl (C=O) groups is 1. The average Bonchev–Trinajstić information content (AvgIpc) is 3.14. The highest BCUT2D eigenvalue weighted by Crippen LogP contribution is 2.27. The van der Waals surface area contributed by atoms with E-state index < -0.39 is 0 Å². The van der Waals surface area contributed by atoms with E-state index in [0.717, 1.165) is 12.5 Å². The first-order valence-corrected chi connectivity index (χ1v) is 6.11. The van der Waals surface area contributed by atoms with Crippen molar-refractivity contribution in [2.24, 2.45) is 5.92 Å². The highest BCUT2D eigenvalue weighted by Gasteiger charge is 2.20. The molecule has 1 aromatic rings. The molecule has 0 aliphatic heterocycles. The topological polar surface area (TPSA) is 51.2 Å². The van der Waals surface area contributed by atoms with Gasteiger partial charge in [0.1, 0.15) is 5.75 Å². The van der Waals surface area contributed by atoms with Gasteiger partial charge in [-0.15, -0.1) is 0 Å². The van der Waals surface area contributed by atoms with Gasteiger partial charge in [0.25, 0.3) is 0 Å². The second kappa shape index (κ2) is 5.77. The van der Waals surface area contributed by atoms with Crippen molar-refractivity contribution in [3.8, 4) is 5.75 Å². The van der Waals surface area contributed by atoms with Crippen molar-refractivity contribution in [2.45, 2.75) is 19.8 Å². The van der Waals surface area contributed by atoms with Crippen molar-refractivity contribution in [3.63, 3.8) is 0 Å². The zero-order chi connectivity index (χ0) is 12.1. The summed E-state index contributed by atoms with van der Waals surface area (Å²) in [5, 5.41) is 3.18. The molecule has 1 heterocycles. The first-order valence-electron chi connectivity index (χ1n) is 6.11. The maximum absolute atomic E-state index is 11.8. The van der Waals surface area contributed by atoms with Gasteiger partial charge in [0.05, 0.1) is 19.3 Å². The summed E-state index contributed by atoms with van der Waals surface area (Å²) in [7, 11) is 0. The molecule has 1 N–H and O–H groups in total. The fourth-order valence-electron chi connectivity index (χ4n) is 1.63. The normalized spacial score (nSPS) is 14.6. The monoisotopic (exact) mass is 234 g/mol. The number of rotatable bonds is 7. The van der Waals surface area contributed by atoms with Crippen molar-refractivity contribution >= 4 is 5.78 Å². The van der Waals surface area contributed by atoms with Crippen molar-refractivity contribution < 1.29 is 9.53 Å². The number of aromatic nitrogens is 1. The molecular formula is C13H18N2O2. The third-order valence-electron chi connectivity index (χ3n) is 2.76. The second-order valence-electron chi connectivity index (χ2n) is 4.34. The Morgan fingerprint density at radius 3 is 3.06 bits per heavy atom. The summed E-state index contributed by atoms with van der Waals surface area (Å²) in [5.41, 5.74) is 0.610. The number of ether oxygens (including phenoxy) is 1. The predicted octanol–water partition coefficient (Wildman–Crippen LogP) is 1.66. The summed E-state index contributed by atoms with van der Waals surface area (Å²) in [5.74, 6) is 1.51. The van der Waals surface area contributed by atoms with Crippen molar-refractivity contribution in [3.05, 3.63) is 24.0 Å². The number of carbonyl (C=O) groups excluding carboxylic acids is 1. The van der Waals surface area contributed by atoms with Gasteiger partial charge in [0, 0.05) is 11.8 Å². The standard InChI is InChI=1S/C13H18N2O2/c1-2-17-12-5-11(7-15-8-12)13(16)9-14-6-10-3-4-10/h5,7-8,10,14H,2-4,6,9H2,1H3. The van der Waals surface area contributed by atoms with Crippen LogP contribution in [-0.2, 0) is 0 Å². The van der Waals surface area contributed by atoms with Crippen LogP contribution in [0.5, 0.6) is 5.75 Å². The maximum Gasteiger partial charge on any atom is 0.178 e. The van der Waals surface area contributed by atoms with Crippen LogP contribution in [-0.4, -0.2) is 30.5 Å². The number of hydrogen-bond donors (Lipinski definition) is 1. The molecule has 17 heavy (non-hydrogen) atoms. The van der Waals surface area contributed by atoms with Crippen molar-refractivity contribution in [2.75, 3.05) is 19.7 Å². The molecule has 0 unspecified atom stereocenters. The molecule has 1 aromatic heterocycles. The molecular weight excluding hydrogens is 216 g/mol. The van der Waals surface area contributed by atoms with Gasteiger partial charge >= 0.3 is 0 Å². The van der Waals surface area contributed by atoms with Crippen LogP contribution in [0.3, 0.4) is 0 Å². The van der Waals surface area contributed by atoms with E-state index in [-0.39, 0.29) is 5.78 Å². The van der Waals surface area contributed by atoms with Crippen LogP contribution < -0.4 is 10.1 Å². The first-order chi connectivity index (χ1) is 8.29. The molecule has 1 fully saturated rings. The highest BCUT2D eigenvalue weighted by atomic mass is 16.5. The Hall–Kier alpha value is -1.42. The number of pyridine rings is 1. The van der Waals surface area contributed by atoms with E-state index in [1.807, 2.05) is 6.92 Å². The Bertz CT molecular complexity index is 389. The van der Waals surface area contributed by atoms with Crippen LogP contribution in [0.4, 0.5) is 0 Å². The Morgan fingerprint density at radius 1 is 1.53 bits per heavy atom. The van der Waals surface area contributed by atoms with E-state index in [9.17, 15) is 4.79 Å². The van der Waals surface area contributed by atoms with E-state index >= 15 is 0 Å². The Kier molecular flexibility index (Phi) is 4.09. The molecule has 0 amide bonds. The van der Waals surface area contributed by atoms with Crippen LogP contribution in [0, 0.1) is 5.92 Å². The average molecular weight is 234 g/mol. The summed E-state index contributed by atoms with van der Waals surface area (Å²) < 4.78 is 5.31. The largest absolute Gasteiger partial charge is 0.492 e. The van der Waals surface area contributed by atoms with Gasteiger partial charge in [-0.05, 0) is 38.3 Å². The third-order valence-corrected chi connectivity index (χ3v) is 2.76. The van der Waals surface area contributed by atoms with Crippen LogP contribution >= 0.6 is 0 Å². The lowest BCUT2D eigenvalue weighted by Gasteiger charge is -2.05. The number of nitrogens with zero attached hydrogens (tertiary/aromatic N) is 1. The molecule has 0 spiro atoms. The number of Topliss-reactive ketones (excluding diaryl/α,β-unsaturated/α-hetero) is 1. The summed E-state index contributed by atoms with van der Waals surface area (Å²) >= 11 is 0. The van der Waals surface area contributed by atoms with E-state index in [1.54, 1.807) is 18.5 Å². The van der Waals surface area contributed by atoms with E-state index in [1.165, 1.54) is 12.8 Å². The quantitative estimate of drug-likeness (QED) is 0.729. The minimum absolute atomic E-state index is 0.0692. The zero-order valence-corrected chi connectivity index (χ0v) is 10.1. The summed E-state index contributed by atoms with van der Waals surface area (Å²) in [6.07, 6.45) is 5.80. The van der Waals surface area contributed by atoms with Crippen molar-refractivity contribution in [1.29, 1.82) is 0 Å². The fourth-order valence-corrected chi connectivity index (χ4v) is 1.63. The predicted molar refractivity (Wildman–Crippen MR) is 65.3 cm³/mol. The van der Waals surface area contributed by atoms with E-state index in [4.69, 9.17) is 4.74 Å². The molecule has 0 aromatic carbocycles. The van der Waals surface area contributed by atoms with Gasteiger partial charge in [-0.25, -0.2) is 0 Å². The van der Waals surface area contributed by atoms with Crippen molar-refractivity contribution in [1.82, 2.24) is 10.3 Å². The summed E-state index contributed by atoms with van der Waals surface area (Å²) in [6, 6.07) is 1.75. The smallest absolute Gasteiger partial charge is 0.178 e. The third kappa shape index (κ3) is 3.82. The Morgan fingerprint density at radius 2 is 2.35 bits per heavy atom. The molecule has 0 saturated heterocycles. The Balaban J connectivity index is 1.85. The fraction of sp³-hybridized carbons (Fsp3) is 0.538. The molecule has 0 atom stereocenters. The number of hydrogen-bond acceptors (Lipinski definition) is 4. The molecule has 1 aliphatic carbocycles. The minimum atomic E-state index is 0.0692. The van der Waals surface area contributed by atoms with Gasteiger partial charge < -0.3 is 10.1 Å². The molecule has 1 saturated carbocycles. The summed E-state index contributed by atoms with van der Waals surface area (Å²) in [4.78, 5) is 15.9. The lowest BCUT2D eigenvalue weighted by Crippen LogP contribution is -2.25. The molecule has 4 nitrogen and oxygen atoms in total. The highest BCUT2D eigenvalue weighted by molar-refractivity contribution is 5.97. The maximum atomic E-state index is 11.8. The molecule has 0 radical (unpaired) electrons. The second-order valence-corrected chi connectivity index (χ2v) is 4.34. The minimum Gasteiger partial charge on any atom is -0.492 e. The van der Waals surface area contributed by atoms with Gasteiger partial charge in [-0.1, -0.05) is 0 Å². The molecule has 1 aliphatic rings. The molecule has 4 heteroatoms. The molecule has 0 bridgehead atoms. The van der Waals surface area contributed by atoms with Crippen LogP contribution in [0.15, 0.2) is 18.5 Å². The zero-order valence-electron chi connectivity index (χ0n) is 10.1. The van der Waals surface area contributed by atoms with Gasteiger partial charge in [-0.2, -0.15) is 0 Å². The SMILES string of the molecule is CCOc1cncc(C(=O)CNCC2CC2)c1. The molecule has 92 valence electrons. The van der Waals surface area contributed by atoms with Crippen LogP contribution in [0.1, 0.15) is 30.1 Å². The van der Waals surface area contributed by atoms with Crippen LogP contribution in [0.25, 0.3) is 0 Å². The lowest BCUT2D eigenvalue weighted by molar-refractivity contribution is 0.0990. The summed E-state index contributed by atoms with van der Waals surface area (Å²) in [6.45, 7) is 3.82. The van der Waals surface area contributed by atoms with Crippen LogP contribution in [0.2, 0.25) is 0 Å².